The molecule has 2 rings (SSSR count). The van der Waals surface area contributed by atoms with Gasteiger partial charge < -0.3 is 21.2 Å². The van der Waals surface area contributed by atoms with Crippen LogP contribution in [0.3, 0.4) is 0 Å². The zero-order valence-electron chi connectivity index (χ0n) is 16.6. The summed E-state index contributed by atoms with van der Waals surface area (Å²) in [4.78, 5) is 24.4. The average Bonchev–Trinajstić information content (AvgIpc) is 2.72. The van der Waals surface area contributed by atoms with Crippen LogP contribution in [0.5, 0.6) is 5.75 Å². The highest BCUT2D eigenvalue weighted by Crippen LogP contribution is 2.24. The van der Waals surface area contributed by atoms with Crippen molar-refractivity contribution in [1.29, 1.82) is 0 Å². The lowest BCUT2D eigenvalue weighted by molar-refractivity contribution is -0.116. The zero-order chi connectivity index (χ0) is 20.9. The molecule has 2 aromatic rings. The van der Waals surface area contributed by atoms with E-state index in [1.165, 1.54) is 0 Å². The van der Waals surface area contributed by atoms with Crippen LogP contribution in [0, 0.1) is 0 Å². The Labute approximate surface area is 170 Å². The summed E-state index contributed by atoms with van der Waals surface area (Å²) in [6, 6.07) is 14.2. The van der Waals surface area contributed by atoms with Gasteiger partial charge in [-0.05, 0) is 44.0 Å². The SMILES string of the molecule is CCOc1ccccc1C(=O)NCCCCCC(=O)Nc1ccccc1N=NN. The molecule has 0 saturated carbocycles. The number of benzene rings is 2. The molecule has 8 heteroatoms. The first-order chi connectivity index (χ1) is 14.2. The molecule has 2 aromatic carbocycles. The third-order valence-electron chi connectivity index (χ3n) is 4.14. The number of hydrogen-bond acceptors (Lipinski definition) is 5. The highest BCUT2D eigenvalue weighted by molar-refractivity contribution is 5.96. The van der Waals surface area contributed by atoms with Crippen molar-refractivity contribution in [3.05, 3.63) is 54.1 Å². The topological polar surface area (TPSA) is 118 Å². The van der Waals surface area contributed by atoms with Crippen LogP contribution in [-0.2, 0) is 4.79 Å². The van der Waals surface area contributed by atoms with Crippen molar-refractivity contribution in [2.24, 2.45) is 16.2 Å². The van der Waals surface area contributed by atoms with E-state index in [4.69, 9.17) is 10.6 Å². The maximum Gasteiger partial charge on any atom is 0.255 e. The molecule has 2 amide bonds. The van der Waals surface area contributed by atoms with Gasteiger partial charge in [0.25, 0.3) is 5.91 Å². The van der Waals surface area contributed by atoms with Crippen LogP contribution in [-0.4, -0.2) is 25.0 Å². The number of unbranched alkanes of at least 4 members (excludes halogenated alkanes) is 2. The Balaban J connectivity index is 1.67. The number of carbonyl (C=O) groups excluding carboxylic acids is 2. The summed E-state index contributed by atoms with van der Waals surface area (Å²) in [5.74, 6) is 5.41. The van der Waals surface area contributed by atoms with Crippen LogP contribution < -0.4 is 21.2 Å². The fourth-order valence-corrected chi connectivity index (χ4v) is 2.76. The fraction of sp³-hybridized carbons (Fsp3) is 0.333. The second-order valence-electron chi connectivity index (χ2n) is 6.28. The molecule has 4 N–H and O–H groups in total. The quantitative estimate of drug-likeness (QED) is 0.230. The van der Waals surface area contributed by atoms with Crippen LogP contribution in [0.2, 0.25) is 0 Å². The molecule has 0 heterocycles. The first kappa shape index (κ1) is 21.9. The van der Waals surface area contributed by atoms with Crippen molar-refractivity contribution in [2.75, 3.05) is 18.5 Å². The fourth-order valence-electron chi connectivity index (χ4n) is 2.76. The summed E-state index contributed by atoms with van der Waals surface area (Å²) in [6.45, 7) is 2.93. The lowest BCUT2D eigenvalue weighted by atomic mass is 10.1. The van der Waals surface area contributed by atoms with Gasteiger partial charge in [0.05, 0.1) is 17.9 Å². The van der Waals surface area contributed by atoms with Gasteiger partial charge in [0, 0.05) is 13.0 Å². The molecule has 29 heavy (non-hydrogen) atoms. The van der Waals surface area contributed by atoms with Crippen LogP contribution in [0.15, 0.2) is 58.9 Å². The largest absolute Gasteiger partial charge is 0.493 e. The molecule has 0 fully saturated rings. The van der Waals surface area contributed by atoms with Gasteiger partial charge in [0.1, 0.15) is 11.4 Å². The Hall–Kier alpha value is -3.42. The van der Waals surface area contributed by atoms with Crippen LogP contribution in [0.1, 0.15) is 43.0 Å². The molecular weight excluding hydrogens is 370 g/mol. The predicted molar refractivity (Wildman–Crippen MR) is 112 cm³/mol. The van der Waals surface area contributed by atoms with Crippen molar-refractivity contribution in [2.45, 2.75) is 32.6 Å². The van der Waals surface area contributed by atoms with Crippen LogP contribution in [0.4, 0.5) is 11.4 Å². The minimum atomic E-state index is -0.155. The van der Waals surface area contributed by atoms with Crippen molar-refractivity contribution >= 4 is 23.2 Å². The molecule has 0 atom stereocenters. The lowest BCUT2D eigenvalue weighted by Gasteiger charge is -2.10. The molecule has 0 aromatic heterocycles. The number of amides is 2. The highest BCUT2D eigenvalue weighted by Gasteiger charge is 2.11. The first-order valence-corrected chi connectivity index (χ1v) is 9.65. The molecule has 0 aliphatic carbocycles. The number of nitrogens with two attached hydrogens (primary N) is 1. The lowest BCUT2D eigenvalue weighted by Crippen LogP contribution is -2.25. The maximum atomic E-state index is 12.3. The van der Waals surface area contributed by atoms with E-state index in [0.717, 1.165) is 19.3 Å². The maximum absolute atomic E-state index is 12.3. The van der Waals surface area contributed by atoms with Gasteiger partial charge in [-0.2, -0.15) is 0 Å². The second-order valence-corrected chi connectivity index (χ2v) is 6.28. The third-order valence-corrected chi connectivity index (χ3v) is 4.14. The van der Waals surface area contributed by atoms with Gasteiger partial charge in [-0.3, -0.25) is 9.59 Å². The normalized spacial score (nSPS) is 10.7. The number of nitrogens with one attached hydrogen (secondary N) is 2. The molecule has 0 aliphatic heterocycles. The van der Waals surface area contributed by atoms with Gasteiger partial charge >= 0.3 is 0 Å². The molecule has 0 aliphatic rings. The molecule has 0 unspecified atom stereocenters. The number of rotatable bonds is 11. The zero-order valence-corrected chi connectivity index (χ0v) is 16.6. The van der Waals surface area contributed by atoms with E-state index >= 15 is 0 Å². The van der Waals surface area contributed by atoms with Crippen molar-refractivity contribution < 1.29 is 14.3 Å². The number of nitrogens with zero attached hydrogens (tertiary/aromatic N) is 2. The van der Waals surface area contributed by atoms with Gasteiger partial charge in [0.15, 0.2) is 0 Å². The third kappa shape index (κ3) is 7.25. The van der Waals surface area contributed by atoms with E-state index in [0.29, 0.717) is 42.3 Å². The highest BCUT2D eigenvalue weighted by atomic mass is 16.5. The summed E-state index contributed by atoms with van der Waals surface area (Å²) in [6.07, 6.45) is 2.71. The summed E-state index contributed by atoms with van der Waals surface area (Å²) in [5, 5.41) is 12.7. The molecular formula is C21H27N5O3. The monoisotopic (exact) mass is 397 g/mol. The number of ether oxygens (including phenoxy) is 1. The Morgan fingerprint density at radius 3 is 2.59 bits per heavy atom. The van der Waals surface area contributed by atoms with E-state index in [1.807, 2.05) is 19.1 Å². The summed E-state index contributed by atoms with van der Waals surface area (Å²) >= 11 is 0. The minimum absolute atomic E-state index is 0.0978. The Morgan fingerprint density at radius 2 is 1.79 bits per heavy atom. The van der Waals surface area contributed by atoms with Gasteiger partial charge in [0.2, 0.25) is 5.91 Å². The number of carbonyl (C=O) groups is 2. The van der Waals surface area contributed by atoms with Crippen molar-refractivity contribution in [3.8, 4) is 5.75 Å². The molecule has 0 bridgehead atoms. The second kappa shape index (κ2) is 12.1. The minimum Gasteiger partial charge on any atom is -0.493 e. The van der Waals surface area contributed by atoms with Crippen molar-refractivity contribution in [3.63, 3.8) is 0 Å². The van der Waals surface area contributed by atoms with Crippen molar-refractivity contribution in [1.82, 2.24) is 5.32 Å². The van der Waals surface area contributed by atoms with Gasteiger partial charge in [-0.1, -0.05) is 35.9 Å². The van der Waals surface area contributed by atoms with Gasteiger partial charge in [-0.15, -0.1) is 5.11 Å². The van der Waals surface area contributed by atoms with E-state index in [2.05, 4.69) is 21.0 Å². The average molecular weight is 397 g/mol. The predicted octanol–water partition coefficient (Wildman–Crippen LogP) is 3.97. The molecule has 0 radical (unpaired) electrons. The molecule has 0 spiro atoms. The first-order valence-electron chi connectivity index (χ1n) is 9.65. The number of hydrogen-bond donors (Lipinski definition) is 3. The molecule has 154 valence electrons. The Morgan fingerprint density at radius 1 is 1.03 bits per heavy atom. The van der Waals surface area contributed by atoms with Crippen LogP contribution in [0.25, 0.3) is 0 Å². The van der Waals surface area contributed by atoms with Crippen LogP contribution >= 0.6 is 0 Å². The van der Waals surface area contributed by atoms with E-state index < -0.39 is 0 Å². The standard InChI is InChI=1S/C21H27N5O3/c1-2-29-19-13-8-5-10-16(19)21(28)23-15-9-3-4-14-20(27)24-17-11-6-7-12-18(17)25-26-22/h5-8,10-13H,2-4,9,14-15H2,1H3,(H2,22,25)(H,23,28)(H,24,27). The molecule has 8 nitrogen and oxygen atoms in total. The Bertz CT molecular complexity index is 839. The molecule has 0 saturated heterocycles. The summed E-state index contributed by atoms with van der Waals surface area (Å²) in [7, 11) is 0. The summed E-state index contributed by atoms with van der Waals surface area (Å²) < 4.78 is 5.48. The summed E-state index contributed by atoms with van der Waals surface area (Å²) in [5.41, 5.74) is 1.62. The van der Waals surface area contributed by atoms with Gasteiger partial charge in [-0.25, -0.2) is 0 Å². The Kier molecular flexibility index (Phi) is 9.14. The van der Waals surface area contributed by atoms with E-state index in [9.17, 15) is 9.59 Å². The van der Waals surface area contributed by atoms with E-state index in [1.54, 1.807) is 36.4 Å². The number of anilines is 1. The van der Waals surface area contributed by atoms with E-state index in [-0.39, 0.29) is 11.8 Å². The smallest absolute Gasteiger partial charge is 0.255 e. The number of para-hydroxylation sites is 2.